The fourth-order valence-corrected chi connectivity index (χ4v) is 1.80. The van der Waals surface area contributed by atoms with Gasteiger partial charge in [0.05, 0.1) is 26.4 Å². The van der Waals surface area contributed by atoms with Crippen molar-refractivity contribution in [2.75, 3.05) is 45.5 Å². The molecule has 0 spiro atoms. The van der Waals surface area contributed by atoms with Crippen molar-refractivity contribution < 1.29 is 14.2 Å². The van der Waals surface area contributed by atoms with Gasteiger partial charge in [-0.25, -0.2) is 0 Å². The number of methoxy groups -OCH3 is 1. The molecule has 0 aromatic heterocycles. The van der Waals surface area contributed by atoms with E-state index in [4.69, 9.17) is 14.2 Å². The highest BCUT2D eigenvalue weighted by Gasteiger charge is 2.19. The average molecular weight is 297 g/mol. The van der Waals surface area contributed by atoms with Crippen LogP contribution in [0.4, 0.5) is 0 Å². The number of rotatable bonds is 11. The standard InChI is InChI=1S/C12H25BrO3/c1-4-12(2,11-13)5-6-15-9-10-16-8-7-14-3/h4-11H2,1-3H3. The van der Waals surface area contributed by atoms with E-state index in [-0.39, 0.29) is 0 Å². The van der Waals surface area contributed by atoms with Gasteiger partial charge in [-0.15, -0.1) is 0 Å². The Morgan fingerprint density at radius 3 is 2.06 bits per heavy atom. The summed E-state index contributed by atoms with van der Waals surface area (Å²) in [7, 11) is 1.67. The molecule has 0 saturated heterocycles. The third-order valence-electron chi connectivity index (χ3n) is 2.83. The van der Waals surface area contributed by atoms with E-state index >= 15 is 0 Å². The topological polar surface area (TPSA) is 27.7 Å². The minimum Gasteiger partial charge on any atom is -0.382 e. The second kappa shape index (κ2) is 10.5. The third-order valence-corrected chi connectivity index (χ3v) is 4.18. The predicted molar refractivity (Wildman–Crippen MR) is 70.3 cm³/mol. The van der Waals surface area contributed by atoms with Gasteiger partial charge < -0.3 is 14.2 Å². The fraction of sp³-hybridized carbons (Fsp3) is 1.00. The Kier molecular flexibility index (Phi) is 10.7. The van der Waals surface area contributed by atoms with Gasteiger partial charge in [0.25, 0.3) is 0 Å². The Balaban J connectivity index is 3.26. The van der Waals surface area contributed by atoms with E-state index in [2.05, 4.69) is 29.8 Å². The monoisotopic (exact) mass is 296 g/mol. The summed E-state index contributed by atoms with van der Waals surface area (Å²) in [5.74, 6) is 0. The summed E-state index contributed by atoms with van der Waals surface area (Å²) in [6.45, 7) is 7.93. The van der Waals surface area contributed by atoms with Crippen LogP contribution in [0.2, 0.25) is 0 Å². The first-order valence-corrected chi connectivity index (χ1v) is 7.01. The van der Waals surface area contributed by atoms with Gasteiger partial charge in [-0.05, 0) is 18.3 Å². The Hall–Kier alpha value is 0.360. The van der Waals surface area contributed by atoms with Gasteiger partial charge >= 0.3 is 0 Å². The van der Waals surface area contributed by atoms with Gasteiger partial charge in [0.15, 0.2) is 0 Å². The van der Waals surface area contributed by atoms with E-state index in [1.807, 2.05) is 0 Å². The maximum atomic E-state index is 5.53. The minimum atomic E-state index is 0.358. The quantitative estimate of drug-likeness (QED) is 0.433. The number of ether oxygens (including phenoxy) is 3. The van der Waals surface area contributed by atoms with Crippen LogP contribution in [0.25, 0.3) is 0 Å². The molecule has 0 bridgehead atoms. The molecular formula is C12H25BrO3. The molecule has 0 heterocycles. The molecule has 16 heavy (non-hydrogen) atoms. The van der Waals surface area contributed by atoms with Gasteiger partial charge in [0.2, 0.25) is 0 Å². The van der Waals surface area contributed by atoms with E-state index in [1.54, 1.807) is 7.11 Å². The first-order chi connectivity index (χ1) is 7.68. The Labute approximate surface area is 108 Å². The highest BCUT2D eigenvalue weighted by molar-refractivity contribution is 9.09. The van der Waals surface area contributed by atoms with Crippen molar-refractivity contribution in [1.29, 1.82) is 0 Å². The SMILES string of the molecule is CCC(C)(CBr)CCOCCOCCOC. The first-order valence-electron chi connectivity index (χ1n) is 5.89. The predicted octanol–water partition coefficient (Wildman–Crippen LogP) is 2.87. The summed E-state index contributed by atoms with van der Waals surface area (Å²) in [5, 5.41) is 1.03. The van der Waals surface area contributed by atoms with Crippen LogP contribution in [-0.2, 0) is 14.2 Å². The fourth-order valence-electron chi connectivity index (χ4n) is 1.12. The van der Waals surface area contributed by atoms with Crippen molar-refractivity contribution in [1.82, 2.24) is 0 Å². The van der Waals surface area contributed by atoms with Crippen LogP contribution >= 0.6 is 15.9 Å². The molecule has 0 N–H and O–H groups in total. The Bertz CT molecular complexity index is 149. The zero-order valence-corrected chi connectivity index (χ0v) is 12.3. The van der Waals surface area contributed by atoms with E-state index in [0.29, 0.717) is 31.8 Å². The van der Waals surface area contributed by atoms with Crippen LogP contribution in [0.5, 0.6) is 0 Å². The van der Waals surface area contributed by atoms with Gasteiger partial charge in [-0.2, -0.15) is 0 Å². The molecule has 3 nitrogen and oxygen atoms in total. The van der Waals surface area contributed by atoms with Gasteiger partial charge in [-0.3, -0.25) is 0 Å². The Morgan fingerprint density at radius 2 is 1.56 bits per heavy atom. The van der Waals surface area contributed by atoms with Crippen LogP contribution in [0.3, 0.4) is 0 Å². The van der Waals surface area contributed by atoms with E-state index in [0.717, 1.165) is 18.4 Å². The average Bonchev–Trinajstić information content (AvgIpc) is 2.32. The summed E-state index contributed by atoms with van der Waals surface area (Å²) in [6, 6.07) is 0. The van der Waals surface area contributed by atoms with Gasteiger partial charge in [-0.1, -0.05) is 29.8 Å². The van der Waals surface area contributed by atoms with Crippen molar-refractivity contribution in [2.24, 2.45) is 5.41 Å². The molecule has 0 aliphatic carbocycles. The summed E-state index contributed by atoms with van der Waals surface area (Å²) in [4.78, 5) is 0. The molecule has 0 fully saturated rings. The number of hydrogen-bond donors (Lipinski definition) is 0. The molecule has 0 rings (SSSR count). The number of halogens is 1. The van der Waals surface area contributed by atoms with Crippen molar-refractivity contribution in [2.45, 2.75) is 26.7 Å². The summed E-state index contributed by atoms with van der Waals surface area (Å²) in [6.07, 6.45) is 2.26. The zero-order valence-electron chi connectivity index (χ0n) is 10.8. The van der Waals surface area contributed by atoms with Crippen LogP contribution in [0.1, 0.15) is 26.7 Å². The molecule has 0 aromatic rings. The highest BCUT2D eigenvalue weighted by Crippen LogP contribution is 2.27. The molecule has 0 aliphatic heterocycles. The van der Waals surface area contributed by atoms with Crippen LogP contribution < -0.4 is 0 Å². The lowest BCUT2D eigenvalue weighted by molar-refractivity contribution is 0.0186. The van der Waals surface area contributed by atoms with Gasteiger partial charge in [0.1, 0.15) is 0 Å². The molecule has 4 heteroatoms. The second-order valence-corrected chi connectivity index (χ2v) is 4.83. The largest absolute Gasteiger partial charge is 0.382 e. The van der Waals surface area contributed by atoms with Crippen LogP contribution in [0.15, 0.2) is 0 Å². The molecule has 0 radical (unpaired) electrons. The van der Waals surface area contributed by atoms with Crippen LogP contribution in [0, 0.1) is 5.41 Å². The lowest BCUT2D eigenvalue weighted by atomic mass is 9.87. The maximum absolute atomic E-state index is 5.53. The minimum absolute atomic E-state index is 0.358. The molecular weight excluding hydrogens is 272 g/mol. The van der Waals surface area contributed by atoms with Gasteiger partial charge in [0, 0.05) is 19.0 Å². The maximum Gasteiger partial charge on any atom is 0.0701 e. The molecule has 0 aliphatic rings. The van der Waals surface area contributed by atoms with Crippen molar-refractivity contribution >= 4 is 15.9 Å². The van der Waals surface area contributed by atoms with E-state index < -0.39 is 0 Å². The zero-order chi connectivity index (χ0) is 12.3. The molecule has 0 aromatic carbocycles. The van der Waals surface area contributed by atoms with Crippen molar-refractivity contribution in [3.8, 4) is 0 Å². The summed E-state index contributed by atoms with van der Waals surface area (Å²) >= 11 is 3.55. The summed E-state index contributed by atoms with van der Waals surface area (Å²) < 4.78 is 15.7. The molecule has 0 amide bonds. The number of alkyl halides is 1. The molecule has 1 unspecified atom stereocenters. The van der Waals surface area contributed by atoms with E-state index in [9.17, 15) is 0 Å². The molecule has 98 valence electrons. The number of hydrogen-bond acceptors (Lipinski definition) is 3. The smallest absolute Gasteiger partial charge is 0.0701 e. The summed E-state index contributed by atoms with van der Waals surface area (Å²) in [5.41, 5.74) is 0.358. The van der Waals surface area contributed by atoms with Crippen molar-refractivity contribution in [3.63, 3.8) is 0 Å². The van der Waals surface area contributed by atoms with Crippen molar-refractivity contribution in [3.05, 3.63) is 0 Å². The van der Waals surface area contributed by atoms with Crippen LogP contribution in [-0.4, -0.2) is 45.5 Å². The molecule has 1 atom stereocenters. The third kappa shape index (κ3) is 8.50. The lowest BCUT2D eigenvalue weighted by Crippen LogP contribution is -2.20. The highest BCUT2D eigenvalue weighted by atomic mass is 79.9. The van der Waals surface area contributed by atoms with E-state index in [1.165, 1.54) is 6.42 Å². The first kappa shape index (κ1) is 16.4. The Morgan fingerprint density at radius 1 is 1.00 bits per heavy atom. The second-order valence-electron chi connectivity index (χ2n) is 4.27. The molecule has 0 saturated carbocycles. The lowest BCUT2D eigenvalue weighted by Gasteiger charge is -2.25. The normalized spacial score (nSPS) is 15.0.